The molecular formula is C7H5FO3. The fourth-order valence-corrected chi connectivity index (χ4v) is 0.677. The molecular weight excluding hydrogens is 151 g/mol. The molecule has 58 valence electrons. The normalized spacial score (nSPS) is 9.18. The molecule has 0 saturated heterocycles. The molecule has 0 aliphatic rings. The Labute approximate surface area is 61.9 Å². The van der Waals surface area contributed by atoms with Crippen molar-refractivity contribution in [1.29, 1.82) is 0 Å². The van der Waals surface area contributed by atoms with Crippen molar-refractivity contribution in [1.82, 2.24) is 0 Å². The summed E-state index contributed by atoms with van der Waals surface area (Å²) in [6.07, 6.45) is 0. The molecule has 1 aromatic rings. The second kappa shape index (κ2) is 3.01. The van der Waals surface area contributed by atoms with Crippen LogP contribution in [0.2, 0.25) is 0 Å². The Balaban J connectivity index is 2.96. The molecule has 1 aromatic carbocycles. The van der Waals surface area contributed by atoms with E-state index in [2.05, 4.69) is 4.94 Å². The first kappa shape index (κ1) is 7.53. The van der Waals surface area contributed by atoms with E-state index in [1.165, 1.54) is 18.2 Å². The summed E-state index contributed by atoms with van der Waals surface area (Å²) in [5.41, 5.74) is -0.0208. The topological polar surface area (TPSA) is 46.5 Å². The van der Waals surface area contributed by atoms with Crippen LogP contribution in [0.25, 0.3) is 0 Å². The Morgan fingerprint density at radius 2 is 2.27 bits per heavy atom. The summed E-state index contributed by atoms with van der Waals surface area (Å²) in [5.74, 6) is -1.21. The van der Waals surface area contributed by atoms with Crippen molar-refractivity contribution < 1.29 is 19.4 Å². The Morgan fingerprint density at radius 3 is 2.82 bits per heavy atom. The van der Waals surface area contributed by atoms with E-state index in [4.69, 9.17) is 5.11 Å². The Hall–Kier alpha value is -1.58. The summed E-state index contributed by atoms with van der Waals surface area (Å²) in [6.45, 7) is 0. The van der Waals surface area contributed by atoms with Crippen LogP contribution in [0.5, 0.6) is 5.75 Å². The Kier molecular flexibility index (Phi) is 2.06. The molecule has 0 atom stereocenters. The van der Waals surface area contributed by atoms with Gasteiger partial charge in [-0.15, -0.1) is 0 Å². The molecule has 0 unspecified atom stereocenters. The summed E-state index contributed by atoms with van der Waals surface area (Å²) in [4.78, 5) is 13.4. The lowest BCUT2D eigenvalue weighted by Gasteiger charge is -1.94. The molecule has 0 aliphatic carbocycles. The van der Waals surface area contributed by atoms with Gasteiger partial charge in [0, 0.05) is 4.53 Å². The third kappa shape index (κ3) is 1.67. The molecule has 0 spiro atoms. The minimum Gasteiger partial charge on any atom is -0.508 e. The van der Waals surface area contributed by atoms with Gasteiger partial charge in [-0.2, -0.15) is 0 Å². The van der Waals surface area contributed by atoms with Crippen LogP contribution < -0.4 is 0 Å². The molecule has 11 heavy (non-hydrogen) atoms. The van der Waals surface area contributed by atoms with Gasteiger partial charge in [-0.25, -0.2) is 9.74 Å². The van der Waals surface area contributed by atoms with E-state index in [0.29, 0.717) is 0 Å². The van der Waals surface area contributed by atoms with Gasteiger partial charge in [-0.1, -0.05) is 6.07 Å². The van der Waals surface area contributed by atoms with Gasteiger partial charge < -0.3 is 5.11 Å². The number of rotatable bonds is 1. The average molecular weight is 156 g/mol. The third-order valence-electron chi connectivity index (χ3n) is 1.15. The van der Waals surface area contributed by atoms with E-state index in [0.717, 1.165) is 6.07 Å². The van der Waals surface area contributed by atoms with Crippen LogP contribution in [0.1, 0.15) is 10.4 Å². The summed E-state index contributed by atoms with van der Waals surface area (Å²) in [6, 6.07) is 5.24. The largest absolute Gasteiger partial charge is 0.508 e. The van der Waals surface area contributed by atoms with Gasteiger partial charge in [0.05, 0.1) is 5.56 Å². The maximum absolute atomic E-state index is 11.3. The van der Waals surface area contributed by atoms with Gasteiger partial charge >= 0.3 is 5.97 Å². The fraction of sp³-hybridized carbons (Fsp3) is 0. The molecule has 1 rings (SSSR count). The number of aromatic hydroxyl groups is 1. The van der Waals surface area contributed by atoms with Crippen molar-refractivity contribution in [3.05, 3.63) is 29.8 Å². The predicted molar refractivity (Wildman–Crippen MR) is 34.6 cm³/mol. The molecule has 0 radical (unpaired) electrons. The number of carbonyl (C=O) groups excluding carboxylic acids is 1. The highest BCUT2D eigenvalue weighted by Gasteiger charge is 2.06. The molecule has 0 saturated carbocycles. The van der Waals surface area contributed by atoms with E-state index in [1.807, 2.05) is 0 Å². The van der Waals surface area contributed by atoms with Gasteiger partial charge in [0.2, 0.25) is 0 Å². The van der Waals surface area contributed by atoms with Crippen molar-refractivity contribution in [2.75, 3.05) is 0 Å². The van der Waals surface area contributed by atoms with E-state index < -0.39 is 5.97 Å². The molecule has 4 heteroatoms. The van der Waals surface area contributed by atoms with Crippen LogP contribution in [0, 0.1) is 0 Å². The Morgan fingerprint density at radius 1 is 1.55 bits per heavy atom. The summed E-state index contributed by atoms with van der Waals surface area (Å²) in [7, 11) is 0. The lowest BCUT2D eigenvalue weighted by molar-refractivity contribution is -0.0788. The highest BCUT2D eigenvalue weighted by atomic mass is 19.3. The maximum Gasteiger partial charge on any atom is 0.379 e. The van der Waals surface area contributed by atoms with Gasteiger partial charge in [0.25, 0.3) is 0 Å². The van der Waals surface area contributed by atoms with Crippen LogP contribution in [0.4, 0.5) is 4.53 Å². The van der Waals surface area contributed by atoms with Crippen molar-refractivity contribution in [3.63, 3.8) is 0 Å². The minimum atomic E-state index is -1.11. The minimum absolute atomic E-state index is 0.0208. The van der Waals surface area contributed by atoms with Crippen molar-refractivity contribution in [3.8, 4) is 5.75 Å². The first-order chi connectivity index (χ1) is 5.24. The summed E-state index contributed by atoms with van der Waals surface area (Å²) >= 11 is 0. The highest BCUT2D eigenvalue weighted by molar-refractivity contribution is 5.89. The monoisotopic (exact) mass is 156 g/mol. The number of hydrogen-bond donors (Lipinski definition) is 1. The third-order valence-corrected chi connectivity index (χ3v) is 1.15. The molecule has 0 aliphatic heterocycles. The number of halogens is 1. The maximum atomic E-state index is 11.3. The summed E-state index contributed by atoms with van der Waals surface area (Å²) in [5, 5.41) is 8.83. The van der Waals surface area contributed by atoms with Gasteiger partial charge in [-0.3, -0.25) is 0 Å². The first-order valence-corrected chi connectivity index (χ1v) is 2.86. The van der Waals surface area contributed by atoms with Crippen molar-refractivity contribution in [2.45, 2.75) is 0 Å². The lowest BCUT2D eigenvalue weighted by atomic mass is 10.2. The zero-order valence-electron chi connectivity index (χ0n) is 5.45. The second-order valence-electron chi connectivity index (χ2n) is 1.91. The first-order valence-electron chi connectivity index (χ1n) is 2.86. The second-order valence-corrected chi connectivity index (χ2v) is 1.91. The van der Waals surface area contributed by atoms with Gasteiger partial charge in [-0.05, 0) is 18.2 Å². The van der Waals surface area contributed by atoms with Crippen molar-refractivity contribution >= 4 is 5.97 Å². The van der Waals surface area contributed by atoms with E-state index >= 15 is 0 Å². The van der Waals surface area contributed by atoms with Gasteiger partial charge in [0.15, 0.2) is 0 Å². The van der Waals surface area contributed by atoms with Crippen LogP contribution in [-0.2, 0) is 4.94 Å². The molecule has 0 fully saturated rings. The number of phenolic OH excluding ortho intramolecular Hbond substituents is 1. The number of hydrogen-bond acceptors (Lipinski definition) is 3. The van der Waals surface area contributed by atoms with Crippen LogP contribution in [0.15, 0.2) is 24.3 Å². The smallest absolute Gasteiger partial charge is 0.379 e. The van der Waals surface area contributed by atoms with Crippen LogP contribution in [-0.4, -0.2) is 11.1 Å². The van der Waals surface area contributed by atoms with Crippen molar-refractivity contribution in [2.24, 2.45) is 0 Å². The van der Waals surface area contributed by atoms with E-state index in [-0.39, 0.29) is 11.3 Å². The molecule has 1 N–H and O–H groups in total. The Bertz CT molecular complexity index is 272. The average Bonchev–Trinajstić information content (AvgIpc) is 2.03. The number of phenols is 1. The number of carbonyl (C=O) groups is 1. The van der Waals surface area contributed by atoms with E-state index in [1.54, 1.807) is 0 Å². The zero-order valence-corrected chi connectivity index (χ0v) is 5.45. The molecule has 0 heterocycles. The summed E-state index contributed by atoms with van der Waals surface area (Å²) < 4.78 is 11.3. The van der Waals surface area contributed by atoms with Crippen LogP contribution in [0.3, 0.4) is 0 Å². The highest BCUT2D eigenvalue weighted by Crippen LogP contribution is 2.11. The molecule has 3 nitrogen and oxygen atoms in total. The molecule has 0 amide bonds. The zero-order chi connectivity index (χ0) is 8.27. The molecule has 0 aromatic heterocycles. The van der Waals surface area contributed by atoms with Crippen LogP contribution >= 0.6 is 0 Å². The quantitative estimate of drug-likeness (QED) is 0.669. The lowest BCUT2D eigenvalue weighted by Crippen LogP contribution is -1.97. The van der Waals surface area contributed by atoms with E-state index in [9.17, 15) is 9.32 Å². The SMILES string of the molecule is O=C(OF)c1cccc(O)c1. The van der Waals surface area contributed by atoms with Gasteiger partial charge in [0.1, 0.15) is 5.75 Å². The standard InChI is InChI=1S/C7H5FO3/c8-11-7(10)5-2-1-3-6(9)4-5/h1-4,9H. The predicted octanol–water partition coefficient (Wildman–Crippen LogP) is 1.43. The molecule has 0 bridgehead atoms. The fourth-order valence-electron chi connectivity index (χ4n) is 0.677. The number of benzene rings is 1.